The third-order valence-corrected chi connectivity index (χ3v) is 10.4. The molecule has 1 aliphatic rings. The van der Waals surface area contributed by atoms with Crippen LogP contribution in [0.4, 0.5) is 5.69 Å². The van der Waals surface area contributed by atoms with E-state index in [1.54, 1.807) is 54.6 Å². The van der Waals surface area contributed by atoms with Crippen LogP contribution in [0.1, 0.15) is 63.5 Å². The second kappa shape index (κ2) is 15.8. The highest BCUT2D eigenvalue weighted by atomic mass is 35.5. The van der Waals surface area contributed by atoms with E-state index in [9.17, 15) is 18.0 Å². The number of carbonyl (C=O) groups is 2. The molecule has 1 atom stereocenters. The van der Waals surface area contributed by atoms with Gasteiger partial charge in [-0.25, -0.2) is 8.42 Å². The number of hydrogen-bond donors (Lipinski definition) is 1. The number of carbonyl (C=O) groups excluding carboxylic acids is 2. The molecule has 0 unspecified atom stereocenters. The second-order valence-electron chi connectivity index (χ2n) is 11.3. The van der Waals surface area contributed by atoms with Crippen LogP contribution in [0.15, 0.2) is 71.6 Å². The first kappa shape index (κ1) is 34.6. The summed E-state index contributed by atoms with van der Waals surface area (Å²) in [4.78, 5) is 29.5. The molecular formula is C34H41Cl2N3O5S. The number of benzene rings is 3. The van der Waals surface area contributed by atoms with Gasteiger partial charge in [-0.3, -0.25) is 13.9 Å². The summed E-state index contributed by atoms with van der Waals surface area (Å²) >= 11 is 12.7. The summed E-state index contributed by atoms with van der Waals surface area (Å²) in [5, 5.41) is 3.93. The Morgan fingerprint density at radius 2 is 1.62 bits per heavy atom. The maximum atomic E-state index is 14.3. The maximum Gasteiger partial charge on any atom is 0.264 e. The molecule has 1 fully saturated rings. The number of nitrogens with zero attached hydrogens (tertiary/aromatic N) is 2. The van der Waals surface area contributed by atoms with Crippen molar-refractivity contribution < 1.29 is 22.7 Å². The Morgan fingerprint density at radius 3 is 2.22 bits per heavy atom. The molecule has 4 rings (SSSR count). The Balaban J connectivity index is 1.71. The largest absolute Gasteiger partial charge is 0.494 e. The van der Waals surface area contributed by atoms with Crippen molar-refractivity contribution in [1.29, 1.82) is 0 Å². The molecule has 3 aromatic rings. The third kappa shape index (κ3) is 8.93. The van der Waals surface area contributed by atoms with Gasteiger partial charge in [-0.15, -0.1) is 0 Å². The molecule has 1 aliphatic carbocycles. The lowest BCUT2D eigenvalue weighted by atomic mass is 9.95. The van der Waals surface area contributed by atoms with E-state index in [2.05, 4.69) is 5.32 Å². The van der Waals surface area contributed by atoms with Gasteiger partial charge in [0.05, 0.1) is 17.2 Å². The molecule has 0 radical (unpaired) electrons. The molecule has 11 heteroatoms. The van der Waals surface area contributed by atoms with Gasteiger partial charge in [-0.1, -0.05) is 73.2 Å². The van der Waals surface area contributed by atoms with Gasteiger partial charge in [-0.05, 0) is 87.2 Å². The van der Waals surface area contributed by atoms with Crippen molar-refractivity contribution in [3.63, 3.8) is 0 Å². The fourth-order valence-corrected chi connectivity index (χ4v) is 7.42. The van der Waals surface area contributed by atoms with Gasteiger partial charge < -0.3 is 15.0 Å². The van der Waals surface area contributed by atoms with Crippen LogP contribution in [-0.4, -0.2) is 50.4 Å². The second-order valence-corrected chi connectivity index (χ2v) is 14.0. The highest BCUT2D eigenvalue weighted by Crippen LogP contribution is 2.28. The average molecular weight is 675 g/mol. The number of hydrogen-bond acceptors (Lipinski definition) is 5. The van der Waals surface area contributed by atoms with Crippen LogP contribution in [0, 0.1) is 6.92 Å². The predicted molar refractivity (Wildman–Crippen MR) is 179 cm³/mol. The smallest absolute Gasteiger partial charge is 0.264 e. The normalized spacial score (nSPS) is 14.4. The van der Waals surface area contributed by atoms with Crippen molar-refractivity contribution in [2.45, 2.75) is 82.8 Å². The lowest BCUT2D eigenvalue weighted by molar-refractivity contribution is -0.140. The minimum absolute atomic E-state index is 0.00370. The molecule has 3 aromatic carbocycles. The molecule has 0 aromatic heterocycles. The summed E-state index contributed by atoms with van der Waals surface area (Å²) < 4.78 is 34.8. The van der Waals surface area contributed by atoms with Gasteiger partial charge in [0.15, 0.2) is 0 Å². The van der Waals surface area contributed by atoms with Gasteiger partial charge in [0, 0.05) is 22.6 Å². The van der Waals surface area contributed by atoms with Crippen LogP contribution in [-0.2, 0) is 26.2 Å². The number of rotatable bonds is 13. The van der Waals surface area contributed by atoms with Gasteiger partial charge in [-0.2, -0.15) is 0 Å². The molecule has 0 heterocycles. The molecule has 1 saturated carbocycles. The zero-order valence-electron chi connectivity index (χ0n) is 26.0. The highest BCUT2D eigenvalue weighted by Gasteiger charge is 2.34. The maximum absolute atomic E-state index is 14.3. The Morgan fingerprint density at radius 1 is 0.956 bits per heavy atom. The predicted octanol–water partition coefficient (Wildman–Crippen LogP) is 7.15. The Kier molecular flexibility index (Phi) is 12.2. The van der Waals surface area contributed by atoms with Crippen molar-refractivity contribution in [3.05, 3.63) is 87.9 Å². The van der Waals surface area contributed by atoms with Crippen molar-refractivity contribution >= 4 is 50.7 Å². The average Bonchev–Trinajstić information content (AvgIpc) is 3.02. The van der Waals surface area contributed by atoms with Crippen molar-refractivity contribution in [2.24, 2.45) is 0 Å². The van der Waals surface area contributed by atoms with E-state index < -0.39 is 28.5 Å². The molecule has 0 bridgehead atoms. The fourth-order valence-electron chi connectivity index (χ4n) is 5.54. The van der Waals surface area contributed by atoms with Crippen LogP contribution in [0.2, 0.25) is 10.0 Å². The van der Waals surface area contributed by atoms with Crippen molar-refractivity contribution in [1.82, 2.24) is 10.2 Å². The van der Waals surface area contributed by atoms with E-state index in [1.807, 2.05) is 20.8 Å². The van der Waals surface area contributed by atoms with Crippen LogP contribution in [0.25, 0.3) is 0 Å². The van der Waals surface area contributed by atoms with Gasteiger partial charge >= 0.3 is 0 Å². The molecule has 1 N–H and O–H groups in total. The number of nitrogens with one attached hydrogen (secondary N) is 1. The molecule has 242 valence electrons. The Bertz CT molecular complexity index is 1560. The van der Waals surface area contributed by atoms with E-state index in [4.69, 9.17) is 27.9 Å². The number of sulfonamides is 1. The van der Waals surface area contributed by atoms with E-state index in [0.717, 1.165) is 42.0 Å². The monoisotopic (exact) mass is 673 g/mol. The Labute approximate surface area is 276 Å². The molecule has 8 nitrogen and oxygen atoms in total. The summed E-state index contributed by atoms with van der Waals surface area (Å²) in [7, 11) is -4.20. The van der Waals surface area contributed by atoms with Crippen LogP contribution in [0.3, 0.4) is 0 Å². The minimum atomic E-state index is -4.20. The summed E-state index contributed by atoms with van der Waals surface area (Å²) in [6.45, 7) is 5.49. The third-order valence-electron chi connectivity index (χ3n) is 8.02. The first-order valence-electron chi connectivity index (χ1n) is 15.4. The number of anilines is 1. The quantitative estimate of drug-likeness (QED) is 0.208. The summed E-state index contributed by atoms with van der Waals surface area (Å²) in [5.41, 5.74) is 1.86. The topological polar surface area (TPSA) is 96.0 Å². The highest BCUT2D eigenvalue weighted by molar-refractivity contribution is 7.92. The van der Waals surface area contributed by atoms with E-state index in [-0.39, 0.29) is 23.4 Å². The van der Waals surface area contributed by atoms with E-state index in [0.29, 0.717) is 40.1 Å². The lowest BCUT2D eigenvalue weighted by Gasteiger charge is -2.34. The first-order valence-corrected chi connectivity index (χ1v) is 17.6. The molecule has 2 amide bonds. The lowest BCUT2D eigenvalue weighted by Crippen LogP contribution is -2.54. The van der Waals surface area contributed by atoms with Gasteiger partial charge in [0.2, 0.25) is 11.8 Å². The van der Waals surface area contributed by atoms with E-state index >= 15 is 0 Å². The Hall–Kier alpha value is -3.27. The number of ether oxygens (including phenoxy) is 1. The van der Waals surface area contributed by atoms with Crippen LogP contribution in [0.5, 0.6) is 5.75 Å². The van der Waals surface area contributed by atoms with Crippen LogP contribution >= 0.6 is 23.2 Å². The number of aryl methyl sites for hydroxylation is 1. The number of amides is 2. The number of halogens is 2. The molecule has 0 spiro atoms. The van der Waals surface area contributed by atoms with Gasteiger partial charge in [0.25, 0.3) is 10.0 Å². The standard InChI is InChI=1S/C34H41Cl2N3O5S/c1-4-32(34(41)37-27-9-7-6-8-10-27)38(22-25-13-14-26(35)21-31(25)36)33(40)23-39(28-15-11-24(3)12-16-28)45(42,43)30-19-17-29(18-20-30)44-5-2/h11-21,27,32H,4-10,22-23H2,1-3H3,(H,37,41)/t32-/m0/s1. The van der Waals surface area contributed by atoms with Crippen molar-refractivity contribution in [3.8, 4) is 5.75 Å². The summed E-state index contributed by atoms with van der Waals surface area (Å²) in [6, 6.07) is 17.2. The zero-order valence-corrected chi connectivity index (χ0v) is 28.3. The molecule has 0 saturated heterocycles. The van der Waals surface area contributed by atoms with Gasteiger partial charge in [0.1, 0.15) is 18.3 Å². The molecule has 45 heavy (non-hydrogen) atoms. The summed E-state index contributed by atoms with van der Waals surface area (Å²) in [5.74, 6) is -0.268. The fraction of sp³-hybridized carbons (Fsp3) is 0.412. The zero-order chi connectivity index (χ0) is 32.6. The minimum Gasteiger partial charge on any atom is -0.494 e. The first-order chi connectivity index (χ1) is 21.5. The summed E-state index contributed by atoms with van der Waals surface area (Å²) in [6.07, 6.45) is 5.33. The van der Waals surface area contributed by atoms with E-state index in [1.165, 1.54) is 17.0 Å². The molecular weight excluding hydrogens is 633 g/mol. The SMILES string of the molecule is CCOc1ccc(S(=O)(=O)N(CC(=O)N(Cc2ccc(Cl)cc2Cl)[C@@H](CC)C(=O)NC2CCCCC2)c2ccc(C)cc2)cc1. The van der Waals surface area contributed by atoms with Crippen molar-refractivity contribution in [2.75, 3.05) is 17.5 Å². The molecule has 0 aliphatic heterocycles. The van der Waals surface area contributed by atoms with Crippen LogP contribution < -0.4 is 14.4 Å².